The van der Waals surface area contributed by atoms with E-state index in [0.717, 1.165) is 12.0 Å². The molecule has 0 saturated carbocycles. The molecule has 2 aliphatic rings. The average molecular weight is 351 g/mol. The SMILES string of the molecule is CCC(c1ccc(Br)cc1)N1CCCC(C2CCCN2)C1. The minimum Gasteiger partial charge on any atom is -0.314 e. The Labute approximate surface area is 137 Å². The van der Waals surface area contributed by atoms with Gasteiger partial charge in [0.2, 0.25) is 0 Å². The molecule has 1 aromatic rings. The third-order valence-electron chi connectivity index (χ3n) is 5.24. The summed E-state index contributed by atoms with van der Waals surface area (Å²) in [6, 6.07) is 10.3. The maximum absolute atomic E-state index is 3.72. The van der Waals surface area contributed by atoms with E-state index in [0.29, 0.717) is 6.04 Å². The Hall–Kier alpha value is -0.380. The van der Waals surface area contributed by atoms with Gasteiger partial charge in [0.05, 0.1) is 0 Å². The van der Waals surface area contributed by atoms with Crippen molar-refractivity contribution in [3.05, 3.63) is 34.3 Å². The zero-order valence-electron chi connectivity index (χ0n) is 13.0. The molecule has 0 aliphatic carbocycles. The third kappa shape index (κ3) is 3.69. The zero-order chi connectivity index (χ0) is 14.7. The summed E-state index contributed by atoms with van der Waals surface area (Å²) in [5, 5.41) is 3.72. The van der Waals surface area contributed by atoms with Gasteiger partial charge < -0.3 is 5.32 Å². The van der Waals surface area contributed by atoms with Gasteiger partial charge in [-0.3, -0.25) is 4.90 Å². The van der Waals surface area contributed by atoms with Crippen LogP contribution in [0.4, 0.5) is 0 Å². The van der Waals surface area contributed by atoms with Crippen LogP contribution in [0, 0.1) is 5.92 Å². The van der Waals surface area contributed by atoms with Gasteiger partial charge in [0.1, 0.15) is 0 Å². The first-order valence-electron chi connectivity index (χ1n) is 8.51. The van der Waals surface area contributed by atoms with Crippen molar-refractivity contribution in [3.8, 4) is 0 Å². The smallest absolute Gasteiger partial charge is 0.0345 e. The number of piperidine rings is 1. The van der Waals surface area contributed by atoms with E-state index >= 15 is 0 Å². The van der Waals surface area contributed by atoms with Gasteiger partial charge in [0.25, 0.3) is 0 Å². The van der Waals surface area contributed by atoms with Gasteiger partial charge in [0.15, 0.2) is 0 Å². The normalized spacial score (nSPS) is 28.7. The van der Waals surface area contributed by atoms with Gasteiger partial charge in [-0.1, -0.05) is 35.0 Å². The molecular formula is C18H27BrN2. The van der Waals surface area contributed by atoms with Gasteiger partial charge in [-0.25, -0.2) is 0 Å². The molecule has 0 radical (unpaired) electrons. The molecule has 2 nitrogen and oxygen atoms in total. The molecule has 2 saturated heterocycles. The number of halogens is 1. The van der Waals surface area contributed by atoms with Crippen molar-refractivity contribution in [2.24, 2.45) is 5.92 Å². The highest BCUT2D eigenvalue weighted by molar-refractivity contribution is 9.10. The summed E-state index contributed by atoms with van der Waals surface area (Å²) in [6.07, 6.45) is 6.71. The van der Waals surface area contributed by atoms with Gasteiger partial charge in [0, 0.05) is 23.1 Å². The van der Waals surface area contributed by atoms with Gasteiger partial charge >= 0.3 is 0 Å². The summed E-state index contributed by atoms with van der Waals surface area (Å²) < 4.78 is 1.17. The third-order valence-corrected chi connectivity index (χ3v) is 5.77. The van der Waals surface area contributed by atoms with Crippen LogP contribution in [0.2, 0.25) is 0 Å². The van der Waals surface area contributed by atoms with Crippen molar-refractivity contribution >= 4 is 15.9 Å². The van der Waals surface area contributed by atoms with Crippen LogP contribution < -0.4 is 5.32 Å². The number of nitrogens with zero attached hydrogens (tertiary/aromatic N) is 1. The Kier molecular flexibility index (Phi) is 5.36. The number of hydrogen-bond acceptors (Lipinski definition) is 2. The first kappa shape index (κ1) is 15.5. The predicted molar refractivity (Wildman–Crippen MR) is 92.5 cm³/mol. The van der Waals surface area contributed by atoms with E-state index in [4.69, 9.17) is 0 Å². The van der Waals surface area contributed by atoms with Crippen molar-refractivity contribution in [3.63, 3.8) is 0 Å². The lowest BCUT2D eigenvalue weighted by atomic mass is 9.88. The van der Waals surface area contributed by atoms with Crippen LogP contribution in [0.1, 0.15) is 50.6 Å². The Morgan fingerprint density at radius 2 is 2.05 bits per heavy atom. The summed E-state index contributed by atoms with van der Waals surface area (Å²) in [7, 11) is 0. The number of rotatable bonds is 4. The molecule has 0 spiro atoms. The molecule has 2 aliphatic heterocycles. The lowest BCUT2D eigenvalue weighted by Gasteiger charge is -2.40. The maximum Gasteiger partial charge on any atom is 0.0345 e. The van der Waals surface area contributed by atoms with E-state index in [1.54, 1.807) is 0 Å². The van der Waals surface area contributed by atoms with E-state index in [1.165, 1.54) is 61.8 Å². The second-order valence-corrected chi connectivity index (χ2v) is 7.49. The molecule has 3 atom stereocenters. The maximum atomic E-state index is 3.72. The number of nitrogens with one attached hydrogen (secondary N) is 1. The summed E-state index contributed by atoms with van der Waals surface area (Å²) in [5.41, 5.74) is 1.47. The number of benzene rings is 1. The highest BCUT2D eigenvalue weighted by atomic mass is 79.9. The van der Waals surface area contributed by atoms with E-state index in [9.17, 15) is 0 Å². The molecule has 0 amide bonds. The highest BCUT2D eigenvalue weighted by Gasteiger charge is 2.31. The summed E-state index contributed by atoms with van der Waals surface area (Å²) in [6.45, 7) is 6.08. The van der Waals surface area contributed by atoms with Crippen LogP contribution in [0.3, 0.4) is 0 Å². The van der Waals surface area contributed by atoms with Gasteiger partial charge in [-0.05, 0) is 68.8 Å². The zero-order valence-corrected chi connectivity index (χ0v) is 14.6. The number of likely N-dealkylation sites (tertiary alicyclic amines) is 1. The summed E-state index contributed by atoms with van der Waals surface area (Å²) >= 11 is 3.54. The fourth-order valence-electron chi connectivity index (χ4n) is 4.16. The second-order valence-electron chi connectivity index (χ2n) is 6.58. The molecule has 0 bridgehead atoms. The van der Waals surface area contributed by atoms with Crippen LogP contribution in [-0.2, 0) is 0 Å². The predicted octanol–water partition coefficient (Wildman–Crippen LogP) is 4.36. The van der Waals surface area contributed by atoms with E-state index in [-0.39, 0.29) is 0 Å². The minimum atomic E-state index is 0.585. The van der Waals surface area contributed by atoms with Crippen molar-refractivity contribution in [2.45, 2.75) is 51.1 Å². The molecule has 0 aromatic heterocycles. The Bertz CT molecular complexity index is 439. The molecule has 1 N–H and O–H groups in total. The van der Waals surface area contributed by atoms with Crippen LogP contribution in [0.25, 0.3) is 0 Å². The van der Waals surface area contributed by atoms with Crippen molar-refractivity contribution in [1.29, 1.82) is 0 Å². The summed E-state index contributed by atoms with van der Waals surface area (Å²) in [5.74, 6) is 0.853. The molecule has 116 valence electrons. The molecule has 3 rings (SSSR count). The van der Waals surface area contributed by atoms with Crippen LogP contribution in [0.5, 0.6) is 0 Å². The molecule has 3 unspecified atom stereocenters. The Morgan fingerprint density at radius 1 is 1.24 bits per heavy atom. The standard InChI is InChI=1S/C18H27BrN2/c1-2-18(14-7-9-16(19)10-8-14)21-12-4-5-15(13-21)17-6-3-11-20-17/h7-10,15,17-18,20H,2-6,11-13H2,1H3. The molecule has 3 heteroatoms. The van der Waals surface area contributed by atoms with E-state index < -0.39 is 0 Å². The Morgan fingerprint density at radius 3 is 2.71 bits per heavy atom. The lowest BCUT2D eigenvalue weighted by Crippen LogP contribution is -2.44. The molecule has 2 fully saturated rings. The van der Waals surface area contributed by atoms with Crippen molar-refractivity contribution < 1.29 is 0 Å². The fourth-order valence-corrected chi connectivity index (χ4v) is 4.42. The molecule has 2 heterocycles. The number of hydrogen-bond donors (Lipinski definition) is 1. The quantitative estimate of drug-likeness (QED) is 0.867. The summed E-state index contributed by atoms with van der Waals surface area (Å²) in [4.78, 5) is 2.73. The second kappa shape index (κ2) is 7.26. The van der Waals surface area contributed by atoms with Gasteiger partial charge in [-0.15, -0.1) is 0 Å². The largest absolute Gasteiger partial charge is 0.314 e. The van der Waals surface area contributed by atoms with Crippen LogP contribution in [0.15, 0.2) is 28.7 Å². The minimum absolute atomic E-state index is 0.585. The van der Waals surface area contributed by atoms with E-state index in [2.05, 4.69) is 57.3 Å². The first-order valence-corrected chi connectivity index (χ1v) is 9.30. The fraction of sp³-hybridized carbons (Fsp3) is 0.667. The molecule has 21 heavy (non-hydrogen) atoms. The van der Waals surface area contributed by atoms with Crippen LogP contribution in [-0.4, -0.2) is 30.6 Å². The van der Waals surface area contributed by atoms with Crippen molar-refractivity contribution in [1.82, 2.24) is 10.2 Å². The Balaban J connectivity index is 1.69. The molecular weight excluding hydrogens is 324 g/mol. The highest BCUT2D eigenvalue weighted by Crippen LogP contribution is 2.32. The van der Waals surface area contributed by atoms with E-state index in [1.807, 2.05) is 0 Å². The van der Waals surface area contributed by atoms with Crippen LogP contribution >= 0.6 is 15.9 Å². The van der Waals surface area contributed by atoms with Crippen molar-refractivity contribution in [2.75, 3.05) is 19.6 Å². The average Bonchev–Trinajstić information content (AvgIpc) is 3.05. The monoisotopic (exact) mass is 350 g/mol. The topological polar surface area (TPSA) is 15.3 Å². The first-order chi connectivity index (χ1) is 10.3. The molecule has 1 aromatic carbocycles. The lowest BCUT2D eigenvalue weighted by molar-refractivity contribution is 0.104. The van der Waals surface area contributed by atoms with Gasteiger partial charge in [-0.2, -0.15) is 0 Å².